The highest BCUT2D eigenvalue weighted by molar-refractivity contribution is 6.40. The Hall–Kier alpha value is -2.94. The largest absolute Gasteiger partial charge is 0.465 e. The van der Waals surface area contributed by atoms with Gasteiger partial charge in [-0.3, -0.25) is 9.59 Å². The molecule has 0 bridgehead atoms. The molecular formula is C21H29N3O6. The number of rotatable bonds is 4. The van der Waals surface area contributed by atoms with Crippen molar-refractivity contribution in [2.75, 3.05) is 19.5 Å². The van der Waals surface area contributed by atoms with Crippen LogP contribution in [0.3, 0.4) is 0 Å². The van der Waals surface area contributed by atoms with E-state index in [-0.39, 0.29) is 33.9 Å². The molecule has 0 radical (unpaired) electrons. The molecule has 1 heterocycles. The van der Waals surface area contributed by atoms with Gasteiger partial charge in [0.1, 0.15) is 0 Å². The quantitative estimate of drug-likeness (QED) is 0.501. The van der Waals surface area contributed by atoms with Gasteiger partial charge in [0.05, 0.1) is 31.0 Å². The lowest BCUT2D eigenvalue weighted by molar-refractivity contribution is -0.137. The van der Waals surface area contributed by atoms with Gasteiger partial charge in [-0.05, 0) is 58.7 Å². The molecule has 1 aromatic rings. The minimum Gasteiger partial charge on any atom is -0.465 e. The number of anilines is 1. The van der Waals surface area contributed by atoms with Gasteiger partial charge in [-0.15, -0.1) is 0 Å². The van der Waals surface area contributed by atoms with E-state index in [0.29, 0.717) is 12.8 Å². The van der Waals surface area contributed by atoms with Crippen LogP contribution in [0, 0.1) is 0 Å². The average Bonchev–Trinajstić information content (AvgIpc) is 2.63. The lowest BCUT2D eigenvalue weighted by Crippen LogP contribution is -2.62. The minimum atomic E-state index is -0.948. The lowest BCUT2D eigenvalue weighted by Gasteiger charge is -2.46. The molecule has 1 aliphatic rings. The average molecular weight is 419 g/mol. The Bertz CT molecular complexity index is 846. The van der Waals surface area contributed by atoms with Crippen LogP contribution in [0.5, 0.6) is 0 Å². The van der Waals surface area contributed by atoms with E-state index >= 15 is 0 Å². The predicted octanol–water partition coefficient (Wildman–Crippen LogP) is 1.62. The van der Waals surface area contributed by atoms with Crippen molar-refractivity contribution in [2.45, 2.75) is 57.7 Å². The van der Waals surface area contributed by atoms with E-state index in [1.165, 1.54) is 32.4 Å². The monoisotopic (exact) mass is 419 g/mol. The molecule has 2 amide bonds. The van der Waals surface area contributed by atoms with Crippen molar-refractivity contribution in [1.82, 2.24) is 10.6 Å². The predicted molar refractivity (Wildman–Crippen MR) is 110 cm³/mol. The number of esters is 2. The van der Waals surface area contributed by atoms with Crippen molar-refractivity contribution < 1.29 is 28.7 Å². The van der Waals surface area contributed by atoms with Gasteiger partial charge in [0.15, 0.2) is 0 Å². The Morgan fingerprint density at radius 2 is 1.50 bits per heavy atom. The van der Waals surface area contributed by atoms with Crippen molar-refractivity contribution >= 4 is 29.4 Å². The van der Waals surface area contributed by atoms with E-state index in [4.69, 9.17) is 4.74 Å². The van der Waals surface area contributed by atoms with E-state index < -0.39 is 23.8 Å². The third-order valence-corrected chi connectivity index (χ3v) is 4.83. The molecule has 1 fully saturated rings. The molecule has 1 aromatic carbocycles. The zero-order valence-electron chi connectivity index (χ0n) is 18.2. The van der Waals surface area contributed by atoms with Crippen molar-refractivity contribution in [3.05, 3.63) is 29.3 Å². The summed E-state index contributed by atoms with van der Waals surface area (Å²) in [5.41, 5.74) is -0.305. The van der Waals surface area contributed by atoms with Crippen molar-refractivity contribution in [3.8, 4) is 0 Å². The van der Waals surface area contributed by atoms with Crippen LogP contribution >= 0.6 is 0 Å². The van der Waals surface area contributed by atoms with E-state index in [0.717, 1.165) is 0 Å². The number of carbonyl (C=O) groups is 4. The summed E-state index contributed by atoms with van der Waals surface area (Å²) in [5.74, 6) is -3.14. The zero-order chi connectivity index (χ0) is 22.7. The van der Waals surface area contributed by atoms with Crippen LogP contribution in [0.15, 0.2) is 18.2 Å². The van der Waals surface area contributed by atoms with Gasteiger partial charge in [-0.25, -0.2) is 9.59 Å². The van der Waals surface area contributed by atoms with Gasteiger partial charge in [0, 0.05) is 17.1 Å². The molecular weight excluding hydrogens is 390 g/mol. The van der Waals surface area contributed by atoms with Crippen LogP contribution in [-0.4, -0.2) is 55.1 Å². The van der Waals surface area contributed by atoms with Crippen LogP contribution in [0.2, 0.25) is 0 Å². The van der Waals surface area contributed by atoms with Crippen LogP contribution in [0.25, 0.3) is 0 Å². The second-order valence-electron chi connectivity index (χ2n) is 8.67. The second kappa shape index (κ2) is 8.83. The number of benzene rings is 1. The smallest absolute Gasteiger partial charge is 0.339 e. The fourth-order valence-electron chi connectivity index (χ4n) is 4.03. The maximum Gasteiger partial charge on any atom is 0.339 e. The van der Waals surface area contributed by atoms with Crippen LogP contribution in [0.4, 0.5) is 5.69 Å². The summed E-state index contributed by atoms with van der Waals surface area (Å²) in [6.07, 6.45) is 1.31. The molecule has 1 aliphatic heterocycles. The van der Waals surface area contributed by atoms with Crippen LogP contribution < -0.4 is 16.0 Å². The highest BCUT2D eigenvalue weighted by atomic mass is 16.5. The molecule has 0 saturated carbocycles. The molecule has 0 spiro atoms. The number of nitrogens with one attached hydrogen (secondary N) is 3. The Kier molecular flexibility index (Phi) is 6.87. The summed E-state index contributed by atoms with van der Waals surface area (Å²) < 4.78 is 9.36. The summed E-state index contributed by atoms with van der Waals surface area (Å²) in [4.78, 5) is 48.8. The molecule has 1 saturated heterocycles. The first-order chi connectivity index (χ1) is 13.9. The normalized spacial score (nSPS) is 17.5. The minimum absolute atomic E-state index is 0.00966. The Morgan fingerprint density at radius 3 is 2.03 bits per heavy atom. The molecule has 9 nitrogen and oxygen atoms in total. The fraction of sp³-hybridized carbons (Fsp3) is 0.524. The first-order valence-corrected chi connectivity index (χ1v) is 9.59. The number of piperidine rings is 1. The molecule has 2 rings (SSSR count). The number of carbonyl (C=O) groups excluding carboxylic acids is 4. The number of hydrogen-bond acceptors (Lipinski definition) is 7. The number of methoxy groups -OCH3 is 2. The van der Waals surface area contributed by atoms with Gasteiger partial charge in [0.25, 0.3) is 0 Å². The van der Waals surface area contributed by atoms with Crippen molar-refractivity contribution in [3.63, 3.8) is 0 Å². The summed E-state index contributed by atoms with van der Waals surface area (Å²) in [5, 5.41) is 8.67. The van der Waals surface area contributed by atoms with Crippen molar-refractivity contribution in [1.29, 1.82) is 0 Å². The fourth-order valence-corrected chi connectivity index (χ4v) is 4.03. The molecule has 0 aromatic heterocycles. The maximum atomic E-state index is 12.5. The van der Waals surface area contributed by atoms with E-state index in [9.17, 15) is 19.2 Å². The third-order valence-electron chi connectivity index (χ3n) is 4.83. The van der Waals surface area contributed by atoms with E-state index in [1.54, 1.807) is 0 Å². The van der Waals surface area contributed by atoms with E-state index in [1.807, 2.05) is 27.7 Å². The SMILES string of the molecule is COC(=O)c1ccc(C(=O)OC)c(NC(=O)C(=O)NC2CC(C)(C)NC(C)(C)C2)c1. The highest BCUT2D eigenvalue weighted by Gasteiger charge is 2.38. The number of amides is 2. The summed E-state index contributed by atoms with van der Waals surface area (Å²) in [6.45, 7) is 8.14. The standard InChI is InChI=1S/C21H29N3O6/c1-20(2)10-13(11-21(3,4)24-20)22-16(25)17(26)23-15-9-12(18(27)29-5)7-8-14(15)19(28)30-6/h7-9,13,24H,10-11H2,1-6H3,(H,22,25)(H,23,26). The molecule has 9 heteroatoms. The first kappa shape index (κ1) is 23.3. The Labute approximate surface area is 175 Å². The van der Waals surface area contributed by atoms with Gasteiger partial charge in [0.2, 0.25) is 0 Å². The first-order valence-electron chi connectivity index (χ1n) is 9.59. The molecule has 164 valence electrons. The second-order valence-corrected chi connectivity index (χ2v) is 8.67. The van der Waals surface area contributed by atoms with Gasteiger partial charge >= 0.3 is 23.8 Å². The molecule has 0 aliphatic carbocycles. The Morgan fingerprint density at radius 1 is 0.933 bits per heavy atom. The maximum absolute atomic E-state index is 12.5. The molecule has 30 heavy (non-hydrogen) atoms. The number of ether oxygens (including phenoxy) is 2. The van der Waals surface area contributed by atoms with Gasteiger partial charge in [-0.1, -0.05) is 0 Å². The van der Waals surface area contributed by atoms with Gasteiger partial charge < -0.3 is 25.4 Å². The molecule has 3 N–H and O–H groups in total. The zero-order valence-corrected chi connectivity index (χ0v) is 18.2. The molecule has 0 unspecified atom stereocenters. The van der Waals surface area contributed by atoms with Crippen molar-refractivity contribution in [2.24, 2.45) is 0 Å². The summed E-state index contributed by atoms with van der Waals surface area (Å²) in [6, 6.07) is 3.76. The van der Waals surface area contributed by atoms with Gasteiger partial charge in [-0.2, -0.15) is 0 Å². The van der Waals surface area contributed by atoms with Crippen LogP contribution in [0.1, 0.15) is 61.3 Å². The highest BCUT2D eigenvalue weighted by Crippen LogP contribution is 2.28. The van der Waals surface area contributed by atoms with Crippen LogP contribution in [-0.2, 0) is 19.1 Å². The number of hydrogen-bond donors (Lipinski definition) is 3. The summed E-state index contributed by atoms with van der Waals surface area (Å²) >= 11 is 0. The summed E-state index contributed by atoms with van der Waals surface area (Å²) in [7, 11) is 2.40. The lowest BCUT2D eigenvalue weighted by atomic mass is 9.79. The third kappa shape index (κ3) is 5.79. The Balaban J connectivity index is 2.18. The molecule has 0 atom stereocenters. The topological polar surface area (TPSA) is 123 Å². The van der Waals surface area contributed by atoms with E-state index in [2.05, 4.69) is 20.7 Å².